The highest BCUT2D eigenvalue weighted by molar-refractivity contribution is 9.10. The molecule has 1 nitrogen and oxygen atoms in total. The van der Waals surface area contributed by atoms with Crippen LogP contribution in [0.4, 0.5) is 4.39 Å². The number of hydrogen-bond donors (Lipinski definition) is 1. The van der Waals surface area contributed by atoms with Crippen LogP contribution in [-0.2, 0) is 6.42 Å². The zero-order valence-electron chi connectivity index (χ0n) is 9.63. The van der Waals surface area contributed by atoms with E-state index in [4.69, 9.17) is 0 Å². The van der Waals surface area contributed by atoms with Gasteiger partial charge < -0.3 is 5.11 Å². The van der Waals surface area contributed by atoms with Crippen LogP contribution in [0.15, 0.2) is 22.7 Å². The molecule has 0 radical (unpaired) electrons. The van der Waals surface area contributed by atoms with Crippen LogP contribution in [0.2, 0.25) is 0 Å². The van der Waals surface area contributed by atoms with Crippen LogP contribution in [-0.4, -0.2) is 10.7 Å². The summed E-state index contributed by atoms with van der Waals surface area (Å²) in [6, 6.07) is 4.96. The molecule has 17 heavy (non-hydrogen) atoms. The highest BCUT2D eigenvalue weighted by Crippen LogP contribution is 2.55. The lowest BCUT2D eigenvalue weighted by molar-refractivity contribution is -0.0110. The fourth-order valence-electron chi connectivity index (χ4n) is 3.31. The van der Waals surface area contributed by atoms with Gasteiger partial charge in [0.05, 0.1) is 5.60 Å². The Labute approximate surface area is 109 Å². The lowest BCUT2D eigenvalue weighted by atomic mass is 9.80. The summed E-state index contributed by atoms with van der Waals surface area (Å²) in [5.74, 6) is 0.906. The monoisotopic (exact) mass is 298 g/mol. The minimum Gasteiger partial charge on any atom is -0.389 e. The average Bonchev–Trinajstić information content (AvgIpc) is 3.04. The second kappa shape index (κ2) is 4.06. The second-order valence-corrected chi connectivity index (χ2v) is 6.43. The highest BCUT2D eigenvalue weighted by atomic mass is 79.9. The first-order valence-corrected chi connectivity index (χ1v) is 7.04. The third kappa shape index (κ3) is 2.15. The van der Waals surface area contributed by atoms with Crippen LogP contribution in [0.1, 0.15) is 31.2 Å². The van der Waals surface area contributed by atoms with Crippen LogP contribution in [0.25, 0.3) is 0 Å². The molecule has 1 aromatic rings. The average molecular weight is 299 g/mol. The van der Waals surface area contributed by atoms with Crippen molar-refractivity contribution in [1.29, 1.82) is 0 Å². The van der Waals surface area contributed by atoms with E-state index in [0.29, 0.717) is 23.8 Å². The molecule has 3 rings (SSSR count). The van der Waals surface area contributed by atoms with Gasteiger partial charge in [0.25, 0.3) is 0 Å². The van der Waals surface area contributed by atoms with E-state index in [0.717, 1.165) is 23.7 Å². The molecule has 3 atom stereocenters. The number of rotatable bonds is 2. The van der Waals surface area contributed by atoms with Crippen LogP contribution in [0, 0.1) is 17.7 Å². The number of fused-ring (bicyclic) bond motifs is 1. The zero-order chi connectivity index (χ0) is 12.0. The quantitative estimate of drug-likeness (QED) is 0.883. The summed E-state index contributed by atoms with van der Waals surface area (Å²) in [6.07, 6.45) is 4.73. The second-order valence-electron chi connectivity index (χ2n) is 5.51. The van der Waals surface area contributed by atoms with Gasteiger partial charge in [-0.2, -0.15) is 0 Å². The largest absolute Gasteiger partial charge is 0.389 e. The normalized spacial score (nSPS) is 35.5. The topological polar surface area (TPSA) is 20.2 Å². The maximum Gasteiger partial charge on any atom is 0.126 e. The van der Waals surface area contributed by atoms with Crippen molar-refractivity contribution < 1.29 is 9.50 Å². The Morgan fingerprint density at radius 3 is 3.12 bits per heavy atom. The van der Waals surface area contributed by atoms with Gasteiger partial charge in [-0.3, -0.25) is 0 Å². The van der Waals surface area contributed by atoms with Crippen molar-refractivity contribution in [2.45, 2.75) is 37.7 Å². The number of halogens is 2. The predicted octanol–water partition coefficient (Wildman–Crippen LogP) is 3.68. The Morgan fingerprint density at radius 1 is 1.47 bits per heavy atom. The van der Waals surface area contributed by atoms with E-state index in [1.165, 1.54) is 12.5 Å². The standard InChI is InChI=1S/C14H16BrFO/c15-11-3-4-13(16)10(6-11)8-14(17)5-1-2-9-7-12(9)14/h3-4,6,9,12,17H,1-2,5,7-8H2. The van der Waals surface area contributed by atoms with Crippen LogP contribution < -0.4 is 0 Å². The Bertz CT molecular complexity index is 448. The van der Waals surface area contributed by atoms with E-state index in [1.807, 2.05) is 0 Å². The van der Waals surface area contributed by atoms with E-state index >= 15 is 0 Å². The van der Waals surface area contributed by atoms with Crippen molar-refractivity contribution >= 4 is 15.9 Å². The minimum absolute atomic E-state index is 0.204. The molecule has 1 aromatic carbocycles. The van der Waals surface area contributed by atoms with Crippen molar-refractivity contribution in [3.63, 3.8) is 0 Å². The van der Waals surface area contributed by atoms with Gasteiger partial charge in [0, 0.05) is 10.9 Å². The molecule has 2 aliphatic carbocycles. The predicted molar refractivity (Wildman–Crippen MR) is 68.2 cm³/mol. The summed E-state index contributed by atoms with van der Waals surface area (Å²) in [5, 5.41) is 10.7. The van der Waals surface area contributed by atoms with Gasteiger partial charge in [-0.05, 0) is 54.9 Å². The van der Waals surface area contributed by atoms with Gasteiger partial charge >= 0.3 is 0 Å². The van der Waals surface area contributed by atoms with Gasteiger partial charge in [-0.25, -0.2) is 4.39 Å². The van der Waals surface area contributed by atoms with Crippen LogP contribution in [0.3, 0.4) is 0 Å². The zero-order valence-corrected chi connectivity index (χ0v) is 11.2. The molecule has 2 fully saturated rings. The lowest BCUT2D eigenvalue weighted by Gasteiger charge is -2.32. The molecule has 92 valence electrons. The Balaban J connectivity index is 1.84. The molecule has 0 heterocycles. The Hall–Kier alpha value is -0.410. The molecular weight excluding hydrogens is 283 g/mol. The molecule has 0 aliphatic heterocycles. The maximum absolute atomic E-state index is 13.7. The van der Waals surface area contributed by atoms with Crippen molar-refractivity contribution in [1.82, 2.24) is 0 Å². The van der Waals surface area contributed by atoms with Crippen molar-refractivity contribution in [2.75, 3.05) is 0 Å². The van der Waals surface area contributed by atoms with Gasteiger partial charge in [0.1, 0.15) is 5.82 Å². The van der Waals surface area contributed by atoms with Gasteiger partial charge in [-0.1, -0.05) is 22.4 Å². The van der Waals surface area contributed by atoms with Crippen LogP contribution >= 0.6 is 15.9 Å². The molecule has 0 amide bonds. The molecule has 0 bridgehead atoms. The van der Waals surface area contributed by atoms with Crippen molar-refractivity contribution in [3.8, 4) is 0 Å². The van der Waals surface area contributed by atoms with E-state index in [1.54, 1.807) is 12.1 Å². The summed E-state index contributed by atoms with van der Waals surface area (Å²) in [4.78, 5) is 0. The molecule has 0 spiro atoms. The molecule has 2 aliphatic rings. The molecule has 0 aromatic heterocycles. The summed E-state index contributed by atoms with van der Waals surface area (Å²) in [6.45, 7) is 0. The smallest absolute Gasteiger partial charge is 0.126 e. The first-order chi connectivity index (χ1) is 8.08. The fraction of sp³-hybridized carbons (Fsp3) is 0.571. The van der Waals surface area contributed by atoms with E-state index < -0.39 is 5.60 Å². The maximum atomic E-state index is 13.7. The first-order valence-electron chi connectivity index (χ1n) is 6.25. The van der Waals surface area contributed by atoms with E-state index in [-0.39, 0.29) is 5.82 Å². The minimum atomic E-state index is -0.662. The van der Waals surface area contributed by atoms with Gasteiger partial charge in [0.2, 0.25) is 0 Å². The number of aliphatic hydroxyl groups is 1. The van der Waals surface area contributed by atoms with Crippen LogP contribution in [0.5, 0.6) is 0 Å². The Morgan fingerprint density at radius 2 is 2.29 bits per heavy atom. The molecule has 1 N–H and O–H groups in total. The fourth-order valence-corrected chi connectivity index (χ4v) is 3.72. The third-order valence-electron chi connectivity index (χ3n) is 4.30. The third-order valence-corrected chi connectivity index (χ3v) is 4.79. The van der Waals surface area contributed by atoms with E-state index in [2.05, 4.69) is 15.9 Å². The molecule has 2 saturated carbocycles. The number of benzene rings is 1. The van der Waals surface area contributed by atoms with Crippen molar-refractivity contribution in [2.24, 2.45) is 11.8 Å². The van der Waals surface area contributed by atoms with E-state index in [9.17, 15) is 9.50 Å². The van der Waals surface area contributed by atoms with Gasteiger partial charge in [-0.15, -0.1) is 0 Å². The first kappa shape index (κ1) is 11.7. The molecule has 0 saturated heterocycles. The summed E-state index contributed by atoms with van der Waals surface area (Å²) in [7, 11) is 0. The Kier molecular flexibility index (Phi) is 2.79. The summed E-state index contributed by atoms with van der Waals surface area (Å²) in [5.41, 5.74) is -0.0284. The molecular formula is C14H16BrFO. The molecule has 3 unspecified atom stereocenters. The SMILES string of the molecule is OC1(Cc2cc(Br)ccc2F)CCCC2CC21. The van der Waals surface area contributed by atoms with Gasteiger partial charge in [0.15, 0.2) is 0 Å². The lowest BCUT2D eigenvalue weighted by Crippen LogP contribution is -2.37. The number of hydrogen-bond acceptors (Lipinski definition) is 1. The summed E-state index contributed by atoms with van der Waals surface area (Å²) >= 11 is 3.36. The highest BCUT2D eigenvalue weighted by Gasteiger charge is 2.53. The van der Waals surface area contributed by atoms with Crippen molar-refractivity contribution in [3.05, 3.63) is 34.1 Å². The molecule has 3 heteroatoms. The summed E-state index contributed by atoms with van der Waals surface area (Å²) < 4.78 is 14.6.